The standard InChI is InChI=1S/C28H33N5O3S/c1-31-19-23(18-30-31)27-20-33(37(34,35)25-6-3-2-4-7-25)28-26(27)16-22(17-29-28)21-8-10-24(11-9-21)32-12-5-14-36-15-13-32/h2-4,6-7,16-21,24H,5,8-15H2,1H3/t21-,24-. The molecule has 6 rings (SSSR count). The van der Waals surface area contributed by atoms with E-state index in [9.17, 15) is 8.42 Å². The lowest BCUT2D eigenvalue weighted by Gasteiger charge is -2.36. The molecule has 0 spiro atoms. The van der Waals surface area contributed by atoms with Crippen LogP contribution in [0, 0.1) is 0 Å². The summed E-state index contributed by atoms with van der Waals surface area (Å²) in [5.74, 6) is 0.423. The Morgan fingerprint density at radius 1 is 0.973 bits per heavy atom. The summed E-state index contributed by atoms with van der Waals surface area (Å²) < 4.78 is 35.9. The first-order valence-corrected chi connectivity index (χ1v) is 14.6. The van der Waals surface area contributed by atoms with Gasteiger partial charge in [-0.3, -0.25) is 9.58 Å². The molecule has 4 heterocycles. The molecule has 1 saturated carbocycles. The number of benzene rings is 1. The molecule has 0 bridgehead atoms. The lowest BCUT2D eigenvalue weighted by Crippen LogP contribution is -2.39. The molecule has 37 heavy (non-hydrogen) atoms. The molecular weight excluding hydrogens is 486 g/mol. The van der Waals surface area contributed by atoms with Gasteiger partial charge in [-0.25, -0.2) is 17.4 Å². The van der Waals surface area contributed by atoms with E-state index in [0.717, 1.165) is 62.1 Å². The molecule has 1 aromatic carbocycles. The second-order valence-electron chi connectivity index (χ2n) is 10.2. The van der Waals surface area contributed by atoms with Crippen molar-refractivity contribution in [3.63, 3.8) is 0 Å². The largest absolute Gasteiger partial charge is 0.380 e. The van der Waals surface area contributed by atoms with Crippen molar-refractivity contribution < 1.29 is 13.2 Å². The van der Waals surface area contributed by atoms with E-state index in [1.54, 1.807) is 41.3 Å². The fourth-order valence-electron chi connectivity index (χ4n) is 5.90. The molecule has 0 atom stereocenters. The Balaban J connectivity index is 1.34. The number of nitrogens with zero attached hydrogens (tertiary/aromatic N) is 5. The number of rotatable bonds is 5. The lowest BCUT2D eigenvalue weighted by atomic mass is 9.81. The molecule has 1 aliphatic carbocycles. The third kappa shape index (κ3) is 4.71. The highest BCUT2D eigenvalue weighted by molar-refractivity contribution is 7.90. The second-order valence-corrected chi connectivity index (χ2v) is 12.0. The number of fused-ring (bicyclic) bond motifs is 1. The number of aryl methyl sites for hydroxylation is 1. The lowest BCUT2D eigenvalue weighted by molar-refractivity contribution is 0.118. The van der Waals surface area contributed by atoms with Crippen molar-refractivity contribution in [2.45, 2.75) is 49.0 Å². The third-order valence-corrected chi connectivity index (χ3v) is 9.55. The average Bonchev–Trinajstić information content (AvgIpc) is 3.42. The summed E-state index contributed by atoms with van der Waals surface area (Å²) in [7, 11) is -1.93. The first-order valence-electron chi connectivity index (χ1n) is 13.1. The van der Waals surface area contributed by atoms with Gasteiger partial charge in [0, 0.05) is 67.9 Å². The molecule has 0 N–H and O–H groups in total. The van der Waals surface area contributed by atoms with E-state index in [4.69, 9.17) is 9.72 Å². The topological polar surface area (TPSA) is 82.2 Å². The van der Waals surface area contributed by atoms with Gasteiger partial charge in [-0.2, -0.15) is 5.10 Å². The van der Waals surface area contributed by atoms with Crippen molar-refractivity contribution >= 4 is 21.1 Å². The summed E-state index contributed by atoms with van der Waals surface area (Å²) in [6.07, 6.45) is 12.9. The van der Waals surface area contributed by atoms with Gasteiger partial charge in [0.2, 0.25) is 0 Å². The van der Waals surface area contributed by atoms with Crippen LogP contribution in [-0.2, 0) is 21.8 Å². The summed E-state index contributed by atoms with van der Waals surface area (Å²) in [6.45, 7) is 3.86. The van der Waals surface area contributed by atoms with E-state index in [0.29, 0.717) is 17.6 Å². The third-order valence-electron chi connectivity index (χ3n) is 7.89. The molecule has 0 radical (unpaired) electrons. The Hall–Kier alpha value is -3.01. The van der Waals surface area contributed by atoms with Crippen LogP contribution in [-0.4, -0.2) is 64.4 Å². The first-order chi connectivity index (χ1) is 18.0. The van der Waals surface area contributed by atoms with Gasteiger partial charge >= 0.3 is 0 Å². The summed E-state index contributed by atoms with van der Waals surface area (Å²) in [5.41, 5.74) is 3.34. The molecule has 194 valence electrons. The highest BCUT2D eigenvalue weighted by Gasteiger charge is 2.29. The van der Waals surface area contributed by atoms with Gasteiger partial charge in [0.1, 0.15) is 0 Å². The minimum atomic E-state index is -3.80. The Kier molecular flexibility index (Phi) is 6.60. The highest BCUT2D eigenvalue weighted by Crippen LogP contribution is 2.38. The van der Waals surface area contributed by atoms with Crippen molar-refractivity contribution in [2.75, 3.05) is 26.3 Å². The van der Waals surface area contributed by atoms with Crippen molar-refractivity contribution in [3.8, 4) is 11.1 Å². The van der Waals surface area contributed by atoms with E-state index >= 15 is 0 Å². The maximum atomic E-state index is 13.6. The highest BCUT2D eigenvalue weighted by atomic mass is 32.2. The number of hydrogen-bond acceptors (Lipinski definition) is 6. The zero-order chi connectivity index (χ0) is 25.4. The summed E-state index contributed by atoms with van der Waals surface area (Å²) in [4.78, 5) is 7.61. The van der Waals surface area contributed by atoms with E-state index in [-0.39, 0.29) is 4.90 Å². The molecule has 0 unspecified atom stereocenters. The SMILES string of the molecule is Cn1cc(-c2cn(S(=O)(=O)c3ccccc3)c3ncc([C@H]4CC[C@H](N5CCCOCC5)CC4)cc23)cn1. The fraction of sp³-hybridized carbons (Fsp3) is 0.429. The van der Waals surface area contributed by atoms with Crippen LogP contribution in [0.3, 0.4) is 0 Å². The van der Waals surface area contributed by atoms with E-state index in [2.05, 4.69) is 16.1 Å². The maximum absolute atomic E-state index is 13.6. The Bertz CT molecular complexity index is 1480. The Morgan fingerprint density at radius 3 is 2.54 bits per heavy atom. The molecule has 8 nitrogen and oxygen atoms in total. The smallest absolute Gasteiger partial charge is 0.269 e. The summed E-state index contributed by atoms with van der Waals surface area (Å²) >= 11 is 0. The van der Waals surface area contributed by atoms with Gasteiger partial charge in [-0.1, -0.05) is 18.2 Å². The van der Waals surface area contributed by atoms with Crippen molar-refractivity contribution in [3.05, 3.63) is 66.7 Å². The summed E-state index contributed by atoms with van der Waals surface area (Å²) in [5, 5.41) is 5.17. The minimum absolute atomic E-state index is 0.243. The zero-order valence-electron chi connectivity index (χ0n) is 21.2. The van der Waals surface area contributed by atoms with Crippen molar-refractivity contribution in [1.29, 1.82) is 0 Å². The van der Waals surface area contributed by atoms with E-state index in [1.165, 1.54) is 22.4 Å². The van der Waals surface area contributed by atoms with Crippen LogP contribution in [0.1, 0.15) is 43.6 Å². The van der Waals surface area contributed by atoms with Gasteiger partial charge in [-0.15, -0.1) is 0 Å². The van der Waals surface area contributed by atoms with Crippen molar-refractivity contribution in [2.24, 2.45) is 7.05 Å². The fourth-order valence-corrected chi connectivity index (χ4v) is 7.25. The van der Waals surface area contributed by atoms with Crippen LogP contribution in [0.5, 0.6) is 0 Å². The van der Waals surface area contributed by atoms with Gasteiger partial charge in [-0.05, 0) is 61.8 Å². The van der Waals surface area contributed by atoms with E-state index in [1.807, 2.05) is 25.5 Å². The summed E-state index contributed by atoms with van der Waals surface area (Å²) in [6, 6.07) is 11.3. The molecule has 1 saturated heterocycles. The van der Waals surface area contributed by atoms with Gasteiger partial charge in [0.05, 0.1) is 17.7 Å². The average molecular weight is 520 g/mol. The van der Waals surface area contributed by atoms with Crippen LogP contribution < -0.4 is 0 Å². The van der Waals surface area contributed by atoms with Gasteiger partial charge < -0.3 is 4.74 Å². The molecule has 9 heteroatoms. The number of pyridine rings is 1. The van der Waals surface area contributed by atoms with Gasteiger partial charge in [0.25, 0.3) is 10.0 Å². The van der Waals surface area contributed by atoms with Crippen LogP contribution in [0.25, 0.3) is 22.2 Å². The molecule has 0 amide bonds. The molecule has 1 aliphatic heterocycles. The van der Waals surface area contributed by atoms with Crippen LogP contribution in [0.2, 0.25) is 0 Å². The number of aromatic nitrogens is 4. The van der Waals surface area contributed by atoms with Crippen LogP contribution in [0.4, 0.5) is 0 Å². The maximum Gasteiger partial charge on any atom is 0.269 e. The normalized spacial score (nSPS) is 21.8. The Labute approximate surface area is 217 Å². The number of ether oxygens (including phenoxy) is 1. The zero-order valence-corrected chi connectivity index (χ0v) is 22.0. The monoisotopic (exact) mass is 519 g/mol. The first kappa shape index (κ1) is 24.3. The second kappa shape index (κ2) is 10.0. The Morgan fingerprint density at radius 2 is 1.78 bits per heavy atom. The van der Waals surface area contributed by atoms with Crippen LogP contribution in [0.15, 0.2) is 66.1 Å². The molecule has 2 aliphatic rings. The molecule has 2 fully saturated rings. The van der Waals surface area contributed by atoms with Crippen molar-refractivity contribution in [1.82, 2.24) is 23.6 Å². The molecule has 4 aromatic rings. The molecule has 3 aromatic heterocycles. The number of hydrogen-bond donors (Lipinski definition) is 0. The minimum Gasteiger partial charge on any atom is -0.380 e. The van der Waals surface area contributed by atoms with E-state index < -0.39 is 10.0 Å². The predicted octanol–water partition coefficient (Wildman–Crippen LogP) is 4.42. The van der Waals surface area contributed by atoms with Crippen LogP contribution >= 0.6 is 0 Å². The van der Waals surface area contributed by atoms with Gasteiger partial charge in [0.15, 0.2) is 5.65 Å². The predicted molar refractivity (Wildman–Crippen MR) is 143 cm³/mol. The molecular formula is C28H33N5O3S. The quantitative estimate of drug-likeness (QED) is 0.388.